The van der Waals surface area contributed by atoms with E-state index in [9.17, 15) is 4.39 Å². The van der Waals surface area contributed by atoms with Crippen molar-refractivity contribution in [3.63, 3.8) is 0 Å². The minimum absolute atomic E-state index is 0.0881. The first-order chi connectivity index (χ1) is 7.83. The molecule has 0 saturated carbocycles. The van der Waals surface area contributed by atoms with Crippen LogP contribution >= 0.6 is 0 Å². The maximum atomic E-state index is 14.0. The highest BCUT2D eigenvalue weighted by molar-refractivity contribution is 5.64. The Hall–Kier alpha value is -2.21. The van der Waals surface area contributed by atoms with Gasteiger partial charge in [0.15, 0.2) is 0 Å². The van der Waals surface area contributed by atoms with Crippen molar-refractivity contribution in [2.75, 3.05) is 0 Å². The Kier molecular flexibility index (Phi) is 2.93. The molecule has 0 N–H and O–H groups in total. The Morgan fingerprint density at radius 3 is 2.62 bits per heavy atom. The topological polar surface area (TPSA) is 36.7 Å². The molecule has 0 atom stereocenters. The molecular formula is C13H9FN2. The number of nitrogens with zero attached hydrogens (tertiary/aromatic N) is 2. The van der Waals surface area contributed by atoms with Crippen LogP contribution in [-0.4, -0.2) is 4.98 Å². The normalized spacial score (nSPS) is 9.75. The van der Waals surface area contributed by atoms with Gasteiger partial charge in [0.05, 0.1) is 12.5 Å². The van der Waals surface area contributed by atoms with Crippen LogP contribution in [0.5, 0.6) is 0 Å². The van der Waals surface area contributed by atoms with Crippen LogP contribution in [0.4, 0.5) is 4.39 Å². The van der Waals surface area contributed by atoms with Crippen molar-refractivity contribution in [3.05, 3.63) is 54.1 Å². The maximum Gasteiger partial charge on any atom is 0.135 e. The van der Waals surface area contributed by atoms with E-state index in [2.05, 4.69) is 4.98 Å². The lowest BCUT2D eigenvalue weighted by molar-refractivity contribution is 0.619. The van der Waals surface area contributed by atoms with Gasteiger partial charge in [-0.25, -0.2) is 4.39 Å². The smallest absolute Gasteiger partial charge is 0.135 e. The molecule has 0 unspecified atom stereocenters. The predicted molar refractivity (Wildman–Crippen MR) is 58.9 cm³/mol. The van der Waals surface area contributed by atoms with Crippen LogP contribution in [0.25, 0.3) is 11.1 Å². The molecule has 2 aromatic rings. The molecule has 0 aliphatic rings. The number of hydrogen-bond acceptors (Lipinski definition) is 2. The van der Waals surface area contributed by atoms with Crippen molar-refractivity contribution in [1.29, 1.82) is 5.26 Å². The highest BCUT2D eigenvalue weighted by atomic mass is 19.1. The number of aromatic nitrogens is 1. The lowest BCUT2D eigenvalue weighted by atomic mass is 10.0. The second-order valence-electron chi connectivity index (χ2n) is 3.35. The molecular weight excluding hydrogens is 203 g/mol. The molecule has 1 aromatic carbocycles. The van der Waals surface area contributed by atoms with Crippen LogP contribution in [0.2, 0.25) is 0 Å². The van der Waals surface area contributed by atoms with E-state index in [4.69, 9.17) is 5.26 Å². The molecule has 0 aliphatic carbocycles. The summed E-state index contributed by atoms with van der Waals surface area (Å²) in [5, 5.41) is 8.58. The van der Waals surface area contributed by atoms with Crippen molar-refractivity contribution < 1.29 is 4.39 Å². The summed E-state index contributed by atoms with van der Waals surface area (Å²) < 4.78 is 14.0. The highest BCUT2D eigenvalue weighted by Crippen LogP contribution is 2.24. The number of benzene rings is 1. The minimum atomic E-state index is -0.324. The van der Waals surface area contributed by atoms with Gasteiger partial charge < -0.3 is 0 Å². The van der Waals surface area contributed by atoms with E-state index >= 15 is 0 Å². The van der Waals surface area contributed by atoms with Gasteiger partial charge in [-0.15, -0.1) is 0 Å². The quantitative estimate of drug-likeness (QED) is 0.767. The van der Waals surface area contributed by atoms with Crippen molar-refractivity contribution in [2.45, 2.75) is 6.42 Å². The largest absolute Gasteiger partial charge is 0.265 e. The van der Waals surface area contributed by atoms with Crippen LogP contribution in [0.3, 0.4) is 0 Å². The molecule has 78 valence electrons. The van der Waals surface area contributed by atoms with Gasteiger partial charge in [0.25, 0.3) is 0 Å². The summed E-state index contributed by atoms with van der Waals surface area (Å²) in [5.74, 6) is -0.324. The molecule has 16 heavy (non-hydrogen) atoms. The Bertz CT molecular complexity index is 529. The lowest BCUT2D eigenvalue weighted by Gasteiger charge is -2.05. The third kappa shape index (κ3) is 1.91. The fourth-order valence-corrected chi connectivity index (χ4v) is 1.56. The number of hydrogen-bond donors (Lipinski definition) is 0. The van der Waals surface area contributed by atoms with Gasteiger partial charge in [-0.2, -0.15) is 5.26 Å². The summed E-state index contributed by atoms with van der Waals surface area (Å²) >= 11 is 0. The summed E-state index contributed by atoms with van der Waals surface area (Å²) in [7, 11) is 0. The molecule has 2 nitrogen and oxygen atoms in total. The van der Waals surface area contributed by atoms with Crippen molar-refractivity contribution in [3.8, 4) is 17.2 Å². The first-order valence-corrected chi connectivity index (χ1v) is 4.87. The number of nitriles is 1. The first kappa shape index (κ1) is 10.3. The van der Waals surface area contributed by atoms with Crippen LogP contribution in [0.15, 0.2) is 42.7 Å². The zero-order chi connectivity index (χ0) is 11.4. The molecule has 0 spiro atoms. The summed E-state index contributed by atoms with van der Waals surface area (Å²) in [4.78, 5) is 3.88. The second kappa shape index (κ2) is 4.54. The minimum Gasteiger partial charge on any atom is -0.265 e. The molecule has 0 fully saturated rings. The fourth-order valence-electron chi connectivity index (χ4n) is 1.56. The third-order valence-electron chi connectivity index (χ3n) is 2.34. The Morgan fingerprint density at radius 1 is 1.19 bits per heavy atom. The Balaban J connectivity index is 2.51. The lowest BCUT2D eigenvalue weighted by Crippen LogP contribution is -1.92. The van der Waals surface area contributed by atoms with E-state index in [0.717, 1.165) is 5.56 Å². The second-order valence-corrected chi connectivity index (χ2v) is 3.35. The fraction of sp³-hybridized carbons (Fsp3) is 0.0769. The van der Waals surface area contributed by atoms with Crippen LogP contribution < -0.4 is 0 Å². The van der Waals surface area contributed by atoms with Crippen molar-refractivity contribution in [2.24, 2.45) is 0 Å². The predicted octanol–water partition coefficient (Wildman–Crippen LogP) is 2.95. The molecule has 0 amide bonds. The monoisotopic (exact) mass is 212 g/mol. The van der Waals surface area contributed by atoms with Crippen molar-refractivity contribution in [1.82, 2.24) is 4.98 Å². The molecule has 1 aromatic heterocycles. The third-order valence-corrected chi connectivity index (χ3v) is 2.34. The van der Waals surface area contributed by atoms with E-state index < -0.39 is 0 Å². The Labute approximate surface area is 93.0 Å². The van der Waals surface area contributed by atoms with Gasteiger partial charge in [0, 0.05) is 23.5 Å². The van der Waals surface area contributed by atoms with Gasteiger partial charge in [0.1, 0.15) is 5.82 Å². The van der Waals surface area contributed by atoms with E-state index in [1.807, 2.05) is 6.07 Å². The Morgan fingerprint density at radius 2 is 1.94 bits per heavy atom. The molecule has 0 aliphatic heterocycles. The number of rotatable bonds is 2. The van der Waals surface area contributed by atoms with E-state index in [1.54, 1.807) is 42.7 Å². The van der Waals surface area contributed by atoms with E-state index in [1.165, 1.54) is 0 Å². The molecule has 2 rings (SSSR count). The van der Waals surface area contributed by atoms with Gasteiger partial charge in [0.2, 0.25) is 0 Å². The van der Waals surface area contributed by atoms with Crippen LogP contribution in [0.1, 0.15) is 5.56 Å². The van der Waals surface area contributed by atoms with E-state index in [0.29, 0.717) is 11.1 Å². The van der Waals surface area contributed by atoms with Crippen LogP contribution in [-0.2, 0) is 6.42 Å². The zero-order valence-corrected chi connectivity index (χ0v) is 8.52. The van der Waals surface area contributed by atoms with Gasteiger partial charge in [-0.05, 0) is 17.7 Å². The molecule has 1 heterocycles. The highest BCUT2D eigenvalue weighted by Gasteiger charge is 2.08. The number of halogens is 1. The number of pyridine rings is 1. The first-order valence-electron chi connectivity index (χ1n) is 4.87. The average Bonchev–Trinajstić information content (AvgIpc) is 2.33. The SMILES string of the molecule is N#CCc1cccc(-c2ccncc2)c1F. The summed E-state index contributed by atoms with van der Waals surface area (Å²) in [6.07, 6.45) is 3.32. The van der Waals surface area contributed by atoms with Gasteiger partial charge in [-0.1, -0.05) is 18.2 Å². The summed E-state index contributed by atoms with van der Waals surface area (Å²) in [5.41, 5.74) is 1.71. The van der Waals surface area contributed by atoms with Crippen LogP contribution in [0, 0.1) is 17.1 Å². The van der Waals surface area contributed by atoms with Crippen molar-refractivity contribution >= 4 is 0 Å². The average molecular weight is 212 g/mol. The standard InChI is InChI=1S/C13H9FN2/c14-13-11(4-7-15)2-1-3-12(13)10-5-8-16-9-6-10/h1-3,5-6,8-9H,4H2. The van der Waals surface area contributed by atoms with Gasteiger partial charge in [-0.3, -0.25) is 4.98 Å². The summed E-state index contributed by atoms with van der Waals surface area (Å²) in [6, 6.07) is 10.5. The van der Waals surface area contributed by atoms with E-state index in [-0.39, 0.29) is 12.2 Å². The zero-order valence-electron chi connectivity index (χ0n) is 8.52. The molecule has 0 radical (unpaired) electrons. The maximum absolute atomic E-state index is 14.0. The molecule has 3 heteroatoms. The molecule has 0 saturated heterocycles. The summed E-state index contributed by atoms with van der Waals surface area (Å²) in [6.45, 7) is 0. The van der Waals surface area contributed by atoms with Gasteiger partial charge >= 0.3 is 0 Å². The molecule has 0 bridgehead atoms.